The number of methoxy groups -OCH3 is 1. The molecule has 0 saturated heterocycles. The Morgan fingerprint density at radius 3 is 2.24 bits per heavy atom. The van der Waals surface area contributed by atoms with Gasteiger partial charge in [-0.3, -0.25) is 4.90 Å². The Kier molecular flexibility index (Phi) is 8.68. The maximum Gasteiger partial charge on any atom is 0.0740 e. The summed E-state index contributed by atoms with van der Waals surface area (Å²) in [7, 11) is 1.71. The summed E-state index contributed by atoms with van der Waals surface area (Å²) in [6.07, 6.45) is 0.745. The quantitative estimate of drug-likeness (QED) is 0.637. The van der Waals surface area contributed by atoms with Crippen LogP contribution >= 0.6 is 12.2 Å². The zero-order valence-electron chi connectivity index (χ0n) is 11.5. The molecule has 0 amide bonds. The second-order valence-electron chi connectivity index (χ2n) is 5.01. The van der Waals surface area contributed by atoms with E-state index in [4.69, 9.17) is 27.4 Å². The van der Waals surface area contributed by atoms with E-state index in [9.17, 15) is 0 Å². The highest BCUT2D eigenvalue weighted by Crippen LogP contribution is 2.06. The lowest BCUT2D eigenvalue weighted by atomic mass is 10.2. The first-order chi connectivity index (χ1) is 7.85. The molecule has 2 N–H and O–H groups in total. The third-order valence-electron chi connectivity index (χ3n) is 2.23. The average Bonchev–Trinajstić information content (AvgIpc) is 2.19. The number of rotatable bonds is 9. The summed E-state index contributed by atoms with van der Waals surface area (Å²) >= 11 is 4.89. The van der Waals surface area contributed by atoms with Crippen molar-refractivity contribution in [2.75, 3.05) is 40.0 Å². The second kappa shape index (κ2) is 8.80. The van der Waals surface area contributed by atoms with Crippen LogP contribution in [-0.2, 0) is 9.47 Å². The predicted molar refractivity (Wildman–Crippen MR) is 75.4 cm³/mol. The standard InChI is InChI=1S/C12H26N2O2S/c1-12(2,3)16-10-8-14(7-9-15-4)6-5-11(13)17/h5-10H2,1-4H3,(H2,13,17). The van der Waals surface area contributed by atoms with Gasteiger partial charge in [-0.15, -0.1) is 0 Å². The zero-order chi connectivity index (χ0) is 13.3. The van der Waals surface area contributed by atoms with Gasteiger partial charge in [0.25, 0.3) is 0 Å². The third kappa shape index (κ3) is 12.0. The number of nitrogens with two attached hydrogens (primary N) is 1. The third-order valence-corrected chi connectivity index (χ3v) is 2.43. The molecule has 0 aliphatic heterocycles. The Balaban J connectivity index is 3.88. The summed E-state index contributed by atoms with van der Waals surface area (Å²) in [5.74, 6) is 0. The summed E-state index contributed by atoms with van der Waals surface area (Å²) in [5.41, 5.74) is 5.42. The second-order valence-corrected chi connectivity index (χ2v) is 5.54. The van der Waals surface area contributed by atoms with Crippen LogP contribution in [0.4, 0.5) is 0 Å². The molecule has 102 valence electrons. The van der Waals surface area contributed by atoms with E-state index in [1.54, 1.807) is 7.11 Å². The number of nitrogens with zero attached hydrogens (tertiary/aromatic N) is 1. The molecule has 0 aliphatic carbocycles. The van der Waals surface area contributed by atoms with Crippen LogP contribution in [0.5, 0.6) is 0 Å². The van der Waals surface area contributed by atoms with Crippen molar-refractivity contribution in [2.45, 2.75) is 32.8 Å². The fourth-order valence-corrected chi connectivity index (χ4v) is 1.40. The van der Waals surface area contributed by atoms with Gasteiger partial charge in [0.05, 0.1) is 23.8 Å². The number of ether oxygens (including phenoxy) is 2. The van der Waals surface area contributed by atoms with E-state index in [1.807, 2.05) is 0 Å². The molecule has 0 atom stereocenters. The van der Waals surface area contributed by atoms with Crippen LogP contribution in [0, 0.1) is 0 Å². The van der Waals surface area contributed by atoms with E-state index in [1.165, 1.54) is 0 Å². The first kappa shape index (κ1) is 16.8. The van der Waals surface area contributed by atoms with Crippen LogP contribution in [0.3, 0.4) is 0 Å². The minimum atomic E-state index is -0.0872. The molecule has 4 nitrogen and oxygen atoms in total. The highest BCUT2D eigenvalue weighted by molar-refractivity contribution is 7.80. The van der Waals surface area contributed by atoms with E-state index in [0.29, 0.717) is 18.2 Å². The fraction of sp³-hybridized carbons (Fsp3) is 0.917. The van der Waals surface area contributed by atoms with E-state index < -0.39 is 0 Å². The lowest BCUT2D eigenvalue weighted by Crippen LogP contribution is -2.35. The molecule has 0 heterocycles. The lowest BCUT2D eigenvalue weighted by Gasteiger charge is -2.25. The maximum atomic E-state index is 5.70. The Bertz CT molecular complexity index is 217. The molecule has 5 heteroatoms. The molecular weight excluding hydrogens is 236 g/mol. The van der Waals surface area contributed by atoms with Crippen LogP contribution in [-0.4, -0.2) is 55.4 Å². The van der Waals surface area contributed by atoms with Crippen LogP contribution < -0.4 is 5.73 Å². The summed E-state index contributed by atoms with van der Waals surface area (Å²) in [4.78, 5) is 2.82. The Morgan fingerprint density at radius 2 is 1.76 bits per heavy atom. The van der Waals surface area contributed by atoms with Gasteiger partial charge in [0.1, 0.15) is 0 Å². The molecule has 0 fully saturated rings. The molecule has 0 aliphatic rings. The molecule has 0 spiro atoms. The molecule has 0 radical (unpaired) electrons. The smallest absolute Gasteiger partial charge is 0.0740 e. The summed E-state index contributed by atoms with van der Waals surface area (Å²) < 4.78 is 10.8. The first-order valence-corrected chi connectivity index (χ1v) is 6.39. The van der Waals surface area contributed by atoms with Crippen LogP contribution in [0.1, 0.15) is 27.2 Å². The van der Waals surface area contributed by atoms with Gasteiger partial charge in [-0.25, -0.2) is 0 Å². The Labute approximate surface area is 110 Å². The molecule has 17 heavy (non-hydrogen) atoms. The van der Waals surface area contributed by atoms with Crippen molar-refractivity contribution < 1.29 is 9.47 Å². The van der Waals surface area contributed by atoms with Crippen molar-refractivity contribution in [1.82, 2.24) is 4.90 Å². The first-order valence-electron chi connectivity index (χ1n) is 5.98. The van der Waals surface area contributed by atoms with Crippen LogP contribution in [0.25, 0.3) is 0 Å². The van der Waals surface area contributed by atoms with E-state index in [0.717, 1.165) is 26.1 Å². The summed E-state index contributed by atoms with van der Waals surface area (Å²) in [6, 6.07) is 0. The number of hydrogen-bond acceptors (Lipinski definition) is 4. The Hall–Kier alpha value is -0.230. The normalized spacial score (nSPS) is 12.1. The maximum absolute atomic E-state index is 5.70. The van der Waals surface area contributed by atoms with Crippen LogP contribution in [0.15, 0.2) is 0 Å². The minimum Gasteiger partial charge on any atom is -0.393 e. The molecule has 0 aromatic carbocycles. The SMILES string of the molecule is COCCN(CCOC(C)(C)C)CCC(N)=S. The van der Waals surface area contributed by atoms with Gasteiger partial charge in [0, 0.05) is 33.2 Å². The molecule has 0 rings (SSSR count). The fourth-order valence-electron chi connectivity index (χ4n) is 1.31. The lowest BCUT2D eigenvalue weighted by molar-refractivity contribution is -0.0146. The zero-order valence-corrected chi connectivity index (χ0v) is 12.3. The molecule has 0 aromatic rings. The highest BCUT2D eigenvalue weighted by atomic mass is 32.1. The van der Waals surface area contributed by atoms with E-state index in [2.05, 4.69) is 25.7 Å². The monoisotopic (exact) mass is 262 g/mol. The van der Waals surface area contributed by atoms with Gasteiger partial charge < -0.3 is 15.2 Å². The average molecular weight is 262 g/mol. The van der Waals surface area contributed by atoms with E-state index in [-0.39, 0.29) is 5.60 Å². The molecule has 0 bridgehead atoms. The van der Waals surface area contributed by atoms with E-state index >= 15 is 0 Å². The topological polar surface area (TPSA) is 47.7 Å². The number of hydrogen-bond donors (Lipinski definition) is 1. The van der Waals surface area contributed by atoms with Crippen molar-refractivity contribution in [3.05, 3.63) is 0 Å². The van der Waals surface area contributed by atoms with Gasteiger partial charge in [-0.05, 0) is 20.8 Å². The van der Waals surface area contributed by atoms with Gasteiger partial charge in [-0.1, -0.05) is 12.2 Å². The van der Waals surface area contributed by atoms with Crippen molar-refractivity contribution in [3.8, 4) is 0 Å². The number of thiocarbonyl (C=S) groups is 1. The largest absolute Gasteiger partial charge is 0.393 e. The van der Waals surface area contributed by atoms with Crippen molar-refractivity contribution in [3.63, 3.8) is 0 Å². The van der Waals surface area contributed by atoms with Crippen molar-refractivity contribution in [1.29, 1.82) is 0 Å². The Morgan fingerprint density at radius 1 is 1.18 bits per heavy atom. The predicted octanol–water partition coefficient (Wildman–Crippen LogP) is 1.43. The van der Waals surface area contributed by atoms with Gasteiger partial charge in [0.15, 0.2) is 0 Å². The molecule has 0 unspecified atom stereocenters. The molecule has 0 aromatic heterocycles. The molecular formula is C12H26N2O2S. The minimum absolute atomic E-state index is 0.0872. The summed E-state index contributed by atoms with van der Waals surface area (Å²) in [5, 5.41) is 0. The van der Waals surface area contributed by atoms with Gasteiger partial charge >= 0.3 is 0 Å². The van der Waals surface area contributed by atoms with Gasteiger partial charge in [-0.2, -0.15) is 0 Å². The molecule has 0 saturated carbocycles. The van der Waals surface area contributed by atoms with Gasteiger partial charge in [0.2, 0.25) is 0 Å². The van der Waals surface area contributed by atoms with Crippen molar-refractivity contribution >= 4 is 17.2 Å². The summed E-state index contributed by atoms with van der Waals surface area (Å²) in [6.45, 7) is 10.2. The van der Waals surface area contributed by atoms with Crippen LogP contribution in [0.2, 0.25) is 0 Å². The van der Waals surface area contributed by atoms with Crippen molar-refractivity contribution in [2.24, 2.45) is 5.73 Å². The highest BCUT2D eigenvalue weighted by Gasteiger charge is 2.11.